The summed E-state index contributed by atoms with van der Waals surface area (Å²) in [6.45, 7) is 5.91. The molecule has 24 heavy (non-hydrogen) atoms. The summed E-state index contributed by atoms with van der Waals surface area (Å²) in [7, 11) is 0. The summed E-state index contributed by atoms with van der Waals surface area (Å²) < 4.78 is 6.51. The Morgan fingerprint density at radius 3 is 2.71 bits per heavy atom. The molecule has 1 aromatic carbocycles. The Kier molecular flexibility index (Phi) is 4.82. The maximum Gasteiger partial charge on any atom is 0.205 e. The smallest absolute Gasteiger partial charge is 0.205 e. The Labute approximate surface area is 147 Å². The van der Waals surface area contributed by atoms with Gasteiger partial charge in [0.1, 0.15) is 10.6 Å². The fourth-order valence-corrected chi connectivity index (χ4v) is 4.06. The van der Waals surface area contributed by atoms with Crippen LogP contribution >= 0.6 is 23.1 Å². The first-order valence-corrected chi connectivity index (χ1v) is 9.31. The van der Waals surface area contributed by atoms with Crippen LogP contribution in [0.25, 0.3) is 11.0 Å². The quantitative estimate of drug-likeness (QED) is 0.509. The molecular formula is C17H16N2O3S2. The number of fused-ring (bicyclic) bond motifs is 1. The summed E-state index contributed by atoms with van der Waals surface area (Å²) >= 11 is 2.98. The van der Waals surface area contributed by atoms with Gasteiger partial charge in [0.25, 0.3) is 0 Å². The van der Waals surface area contributed by atoms with Crippen LogP contribution in [0.5, 0.6) is 0 Å². The summed E-state index contributed by atoms with van der Waals surface area (Å²) in [6.07, 6.45) is 0.0846. The van der Waals surface area contributed by atoms with Crippen molar-refractivity contribution in [2.45, 2.75) is 31.5 Å². The number of aryl methyl sites for hydroxylation is 2. The lowest BCUT2D eigenvalue weighted by atomic mass is 10.1. The van der Waals surface area contributed by atoms with Crippen molar-refractivity contribution in [3.63, 3.8) is 0 Å². The van der Waals surface area contributed by atoms with Gasteiger partial charge in [-0.15, -0.1) is 10.2 Å². The first-order chi connectivity index (χ1) is 11.5. The zero-order valence-electron chi connectivity index (χ0n) is 13.6. The van der Waals surface area contributed by atoms with Crippen LogP contribution in [0.3, 0.4) is 0 Å². The molecule has 3 aromatic rings. The number of nitrogens with zero attached hydrogens (tertiary/aromatic N) is 2. The number of carbonyl (C=O) groups is 1. The molecule has 0 fully saturated rings. The molecule has 0 N–H and O–H groups in total. The van der Waals surface area contributed by atoms with Crippen molar-refractivity contribution in [2.24, 2.45) is 0 Å². The summed E-state index contributed by atoms with van der Waals surface area (Å²) in [5.41, 5.74) is 2.26. The third-order valence-electron chi connectivity index (χ3n) is 3.65. The normalized spacial score (nSPS) is 11.1. The number of hydrogen-bond acceptors (Lipinski definition) is 7. The number of benzene rings is 1. The molecule has 0 aliphatic rings. The maximum absolute atomic E-state index is 12.4. The minimum atomic E-state index is -0.267. The van der Waals surface area contributed by atoms with Gasteiger partial charge in [-0.1, -0.05) is 30.0 Å². The predicted octanol–water partition coefficient (Wildman–Crippen LogP) is 3.80. The molecule has 3 rings (SSSR count). The minimum absolute atomic E-state index is 0.0654. The van der Waals surface area contributed by atoms with Crippen molar-refractivity contribution in [2.75, 3.05) is 5.75 Å². The highest BCUT2D eigenvalue weighted by molar-refractivity contribution is 8.00. The van der Waals surface area contributed by atoms with Gasteiger partial charge in [0, 0.05) is 6.07 Å². The molecule has 124 valence electrons. The summed E-state index contributed by atoms with van der Waals surface area (Å²) in [6, 6.07) is 4.86. The second-order valence-electron chi connectivity index (χ2n) is 5.40. The predicted molar refractivity (Wildman–Crippen MR) is 96.3 cm³/mol. The third kappa shape index (κ3) is 3.42. The molecule has 0 atom stereocenters. The monoisotopic (exact) mass is 360 g/mol. The molecule has 2 heterocycles. The number of hydrogen-bond donors (Lipinski definition) is 0. The van der Waals surface area contributed by atoms with Gasteiger partial charge in [0.2, 0.25) is 5.78 Å². The summed E-state index contributed by atoms with van der Waals surface area (Å²) in [4.78, 5) is 24.7. The maximum atomic E-state index is 12.4. The number of ketones is 1. The van der Waals surface area contributed by atoms with Gasteiger partial charge in [-0.3, -0.25) is 9.59 Å². The Morgan fingerprint density at radius 2 is 1.96 bits per heavy atom. The van der Waals surface area contributed by atoms with E-state index < -0.39 is 0 Å². The zero-order valence-corrected chi connectivity index (χ0v) is 15.2. The van der Waals surface area contributed by atoms with Crippen molar-refractivity contribution < 1.29 is 9.21 Å². The topological polar surface area (TPSA) is 73.1 Å². The molecular weight excluding hydrogens is 344 g/mol. The van der Waals surface area contributed by atoms with Crippen LogP contribution in [0, 0.1) is 13.8 Å². The van der Waals surface area contributed by atoms with E-state index in [1.807, 2.05) is 20.8 Å². The lowest BCUT2D eigenvalue weighted by molar-refractivity contribution is 0.0966. The Hall–Kier alpha value is -1.99. The second kappa shape index (κ2) is 6.86. The minimum Gasteiger partial charge on any atom is -0.453 e. The molecule has 0 saturated carbocycles. The fraction of sp³-hybridized carbons (Fsp3) is 0.294. The average molecular weight is 360 g/mol. The van der Waals surface area contributed by atoms with E-state index in [1.165, 1.54) is 17.4 Å². The molecule has 2 aromatic heterocycles. The molecule has 0 amide bonds. The van der Waals surface area contributed by atoms with Crippen molar-refractivity contribution in [1.29, 1.82) is 0 Å². The number of Topliss-reactive ketones (excluding diaryl/α,β-unsaturated/α-hetero) is 1. The van der Waals surface area contributed by atoms with E-state index >= 15 is 0 Å². The van der Waals surface area contributed by atoms with E-state index in [0.717, 1.165) is 21.2 Å². The highest BCUT2D eigenvalue weighted by Gasteiger charge is 2.16. The van der Waals surface area contributed by atoms with Gasteiger partial charge < -0.3 is 4.42 Å². The molecule has 0 saturated heterocycles. The van der Waals surface area contributed by atoms with Gasteiger partial charge >= 0.3 is 0 Å². The first-order valence-electron chi connectivity index (χ1n) is 7.51. The lowest BCUT2D eigenvalue weighted by Gasteiger charge is -2.04. The Bertz CT molecular complexity index is 976. The van der Waals surface area contributed by atoms with Gasteiger partial charge in [-0.25, -0.2) is 0 Å². The van der Waals surface area contributed by atoms with Crippen LogP contribution in [0.15, 0.2) is 31.8 Å². The highest BCUT2D eigenvalue weighted by Crippen LogP contribution is 2.23. The van der Waals surface area contributed by atoms with E-state index in [-0.39, 0.29) is 23.4 Å². The molecule has 0 unspecified atom stereocenters. The second-order valence-corrected chi connectivity index (χ2v) is 7.98. The fourth-order valence-electron chi connectivity index (χ4n) is 2.26. The zero-order chi connectivity index (χ0) is 17.3. The number of carbonyl (C=O) groups excluding carboxylic acids is 1. The van der Waals surface area contributed by atoms with Gasteiger partial charge in [-0.05, 0) is 42.9 Å². The number of aromatic nitrogens is 2. The van der Waals surface area contributed by atoms with E-state index in [9.17, 15) is 9.59 Å². The van der Waals surface area contributed by atoms with E-state index in [4.69, 9.17) is 4.42 Å². The van der Waals surface area contributed by atoms with Gasteiger partial charge in [-0.2, -0.15) is 0 Å². The summed E-state index contributed by atoms with van der Waals surface area (Å²) in [5, 5.41) is 9.16. The van der Waals surface area contributed by atoms with Crippen LogP contribution in [0.2, 0.25) is 0 Å². The SMILES string of the molecule is CCSc1nnc(CC(=O)c2cc(=O)c3cc(C)c(C)cc3o2)s1. The lowest BCUT2D eigenvalue weighted by Crippen LogP contribution is -2.09. The van der Waals surface area contributed by atoms with Crippen molar-refractivity contribution in [3.05, 3.63) is 50.3 Å². The van der Waals surface area contributed by atoms with Crippen molar-refractivity contribution >= 4 is 39.9 Å². The first kappa shape index (κ1) is 16.9. The largest absolute Gasteiger partial charge is 0.453 e. The Balaban J connectivity index is 1.91. The van der Waals surface area contributed by atoms with Crippen LogP contribution in [0.1, 0.15) is 33.6 Å². The summed E-state index contributed by atoms with van der Waals surface area (Å²) in [5.74, 6) is 0.702. The van der Waals surface area contributed by atoms with Crippen LogP contribution in [-0.2, 0) is 6.42 Å². The Morgan fingerprint density at radius 1 is 1.21 bits per heavy atom. The number of thioether (sulfide) groups is 1. The third-order valence-corrected chi connectivity index (χ3v) is 5.58. The van der Waals surface area contributed by atoms with E-state index in [0.29, 0.717) is 16.0 Å². The molecule has 7 heteroatoms. The number of rotatable bonds is 5. The van der Waals surface area contributed by atoms with Crippen molar-refractivity contribution in [1.82, 2.24) is 10.2 Å². The standard InChI is InChI=1S/C17H16N2O3S2/c1-4-23-17-19-18-16(24-17)8-13(21)15-7-12(20)11-5-9(2)10(3)6-14(11)22-15/h5-7H,4,8H2,1-3H3. The van der Waals surface area contributed by atoms with Crippen LogP contribution in [0.4, 0.5) is 0 Å². The molecule has 5 nitrogen and oxygen atoms in total. The van der Waals surface area contributed by atoms with Gasteiger partial charge in [0.15, 0.2) is 15.5 Å². The average Bonchev–Trinajstić information content (AvgIpc) is 2.96. The molecule has 0 aliphatic carbocycles. The molecule has 0 aliphatic heterocycles. The van der Waals surface area contributed by atoms with Crippen LogP contribution < -0.4 is 5.43 Å². The van der Waals surface area contributed by atoms with Gasteiger partial charge in [0.05, 0.1) is 11.8 Å². The van der Waals surface area contributed by atoms with E-state index in [2.05, 4.69) is 10.2 Å². The molecule has 0 bridgehead atoms. The van der Waals surface area contributed by atoms with Crippen LogP contribution in [-0.4, -0.2) is 21.7 Å². The molecule has 0 spiro atoms. The van der Waals surface area contributed by atoms with E-state index in [1.54, 1.807) is 23.9 Å². The highest BCUT2D eigenvalue weighted by atomic mass is 32.2. The van der Waals surface area contributed by atoms with Crippen molar-refractivity contribution in [3.8, 4) is 0 Å². The molecule has 0 radical (unpaired) electrons.